The van der Waals surface area contributed by atoms with Gasteiger partial charge in [0.2, 0.25) is 0 Å². The second kappa shape index (κ2) is 6.19. The van der Waals surface area contributed by atoms with E-state index in [4.69, 9.17) is 10.5 Å². The Labute approximate surface area is 108 Å². The molecule has 1 atom stereocenters. The van der Waals surface area contributed by atoms with Crippen LogP contribution in [-0.2, 0) is 0 Å². The maximum Gasteiger partial charge on any atom is 0.165 e. The molecular weight excluding hydrogens is 229 g/mol. The molecule has 0 heterocycles. The molecule has 1 fully saturated rings. The van der Waals surface area contributed by atoms with Crippen molar-refractivity contribution in [3.63, 3.8) is 0 Å². The maximum atomic E-state index is 13.8. The highest BCUT2D eigenvalue weighted by Crippen LogP contribution is 2.29. The van der Waals surface area contributed by atoms with Crippen molar-refractivity contribution in [2.24, 2.45) is 11.7 Å². The first kappa shape index (κ1) is 13.3. The Morgan fingerprint density at radius 1 is 1.33 bits per heavy atom. The summed E-state index contributed by atoms with van der Waals surface area (Å²) in [5, 5.41) is 0. The monoisotopic (exact) mass is 251 g/mol. The number of rotatable bonds is 4. The molecule has 1 aromatic carbocycles. The van der Waals surface area contributed by atoms with Crippen molar-refractivity contribution in [3.8, 4) is 5.75 Å². The number of nitrogens with two attached hydrogens (primary N) is 1. The number of para-hydroxylation sites is 1. The highest BCUT2D eigenvalue weighted by atomic mass is 19.1. The third kappa shape index (κ3) is 3.22. The van der Waals surface area contributed by atoms with Gasteiger partial charge >= 0.3 is 0 Å². The van der Waals surface area contributed by atoms with E-state index in [9.17, 15) is 4.39 Å². The van der Waals surface area contributed by atoms with Crippen LogP contribution in [0.15, 0.2) is 18.2 Å². The quantitative estimate of drug-likeness (QED) is 0.883. The van der Waals surface area contributed by atoms with Gasteiger partial charge in [0.05, 0.1) is 6.61 Å². The van der Waals surface area contributed by atoms with E-state index in [0.717, 1.165) is 5.56 Å². The number of benzene rings is 1. The van der Waals surface area contributed by atoms with Crippen LogP contribution in [0.3, 0.4) is 0 Å². The summed E-state index contributed by atoms with van der Waals surface area (Å²) in [6, 6.07) is 4.75. The van der Waals surface area contributed by atoms with E-state index in [1.807, 2.05) is 13.0 Å². The van der Waals surface area contributed by atoms with Gasteiger partial charge in [-0.15, -0.1) is 0 Å². The molecule has 3 heteroatoms. The summed E-state index contributed by atoms with van der Waals surface area (Å²) in [6.45, 7) is 2.46. The molecule has 2 rings (SSSR count). The molecule has 0 amide bonds. The summed E-state index contributed by atoms with van der Waals surface area (Å²) in [6.07, 6.45) is 6.25. The number of halogens is 1. The average Bonchev–Trinajstić information content (AvgIpc) is 2.38. The first-order valence-corrected chi connectivity index (χ1v) is 6.85. The lowest BCUT2D eigenvalue weighted by Crippen LogP contribution is -2.17. The summed E-state index contributed by atoms with van der Waals surface area (Å²) >= 11 is 0. The first-order valence-electron chi connectivity index (χ1n) is 6.85. The summed E-state index contributed by atoms with van der Waals surface area (Å²) in [5.74, 6) is 0.609. The predicted molar refractivity (Wildman–Crippen MR) is 71.1 cm³/mol. The van der Waals surface area contributed by atoms with Crippen LogP contribution >= 0.6 is 0 Å². The molecule has 2 nitrogen and oxygen atoms in total. The van der Waals surface area contributed by atoms with Crippen LogP contribution in [0.5, 0.6) is 5.75 Å². The van der Waals surface area contributed by atoms with Gasteiger partial charge in [0, 0.05) is 11.6 Å². The smallest absolute Gasteiger partial charge is 0.165 e. The van der Waals surface area contributed by atoms with Crippen LogP contribution in [0.4, 0.5) is 4.39 Å². The summed E-state index contributed by atoms with van der Waals surface area (Å²) in [5.41, 5.74) is 6.60. The first-order chi connectivity index (χ1) is 8.68. The molecule has 0 radical (unpaired) electrons. The highest BCUT2D eigenvalue weighted by Gasteiger charge is 2.17. The third-order valence-electron chi connectivity index (χ3n) is 3.68. The van der Waals surface area contributed by atoms with Gasteiger partial charge in [0.15, 0.2) is 11.6 Å². The minimum atomic E-state index is -0.305. The van der Waals surface area contributed by atoms with Gasteiger partial charge in [-0.1, -0.05) is 31.4 Å². The van der Waals surface area contributed by atoms with Crippen LogP contribution in [0.1, 0.15) is 50.6 Å². The van der Waals surface area contributed by atoms with Crippen LogP contribution in [0.2, 0.25) is 0 Å². The van der Waals surface area contributed by atoms with Gasteiger partial charge in [-0.2, -0.15) is 0 Å². The fourth-order valence-electron chi connectivity index (χ4n) is 2.59. The number of hydrogen-bond acceptors (Lipinski definition) is 2. The van der Waals surface area contributed by atoms with Crippen LogP contribution in [0, 0.1) is 11.7 Å². The molecule has 2 N–H and O–H groups in total. The van der Waals surface area contributed by atoms with Crippen molar-refractivity contribution < 1.29 is 9.13 Å². The molecule has 18 heavy (non-hydrogen) atoms. The van der Waals surface area contributed by atoms with E-state index in [0.29, 0.717) is 18.3 Å². The van der Waals surface area contributed by atoms with Gasteiger partial charge in [-0.3, -0.25) is 0 Å². The molecule has 1 aliphatic carbocycles. The topological polar surface area (TPSA) is 35.2 Å². The predicted octanol–water partition coefficient (Wildman–Crippen LogP) is 3.80. The summed E-state index contributed by atoms with van der Waals surface area (Å²) in [4.78, 5) is 0. The Bertz CT molecular complexity index is 386. The van der Waals surface area contributed by atoms with E-state index >= 15 is 0 Å². The SMILES string of the molecule is C[C@@H](N)c1cccc(F)c1OCC1CCCCC1. The van der Waals surface area contributed by atoms with Crippen molar-refractivity contribution in [1.82, 2.24) is 0 Å². The molecule has 0 aromatic heterocycles. The van der Waals surface area contributed by atoms with Gasteiger partial charge in [0.1, 0.15) is 0 Å². The normalized spacial score (nSPS) is 18.6. The van der Waals surface area contributed by atoms with Crippen molar-refractivity contribution in [1.29, 1.82) is 0 Å². The van der Waals surface area contributed by atoms with E-state index in [2.05, 4.69) is 0 Å². The van der Waals surface area contributed by atoms with Crippen molar-refractivity contribution in [2.75, 3.05) is 6.61 Å². The lowest BCUT2D eigenvalue weighted by atomic mass is 9.90. The second-order valence-corrected chi connectivity index (χ2v) is 5.26. The zero-order chi connectivity index (χ0) is 13.0. The van der Waals surface area contributed by atoms with Crippen LogP contribution in [-0.4, -0.2) is 6.61 Å². The Morgan fingerprint density at radius 2 is 2.06 bits per heavy atom. The number of ether oxygens (including phenoxy) is 1. The van der Waals surface area contributed by atoms with Crippen LogP contribution < -0.4 is 10.5 Å². The Kier molecular flexibility index (Phi) is 4.59. The van der Waals surface area contributed by atoms with E-state index in [1.54, 1.807) is 6.07 Å². The Hall–Kier alpha value is -1.09. The van der Waals surface area contributed by atoms with E-state index < -0.39 is 0 Å². The number of hydrogen-bond donors (Lipinski definition) is 1. The molecule has 1 saturated carbocycles. The van der Waals surface area contributed by atoms with Crippen molar-refractivity contribution in [3.05, 3.63) is 29.6 Å². The van der Waals surface area contributed by atoms with E-state index in [1.165, 1.54) is 38.2 Å². The molecule has 0 saturated heterocycles. The lowest BCUT2D eigenvalue weighted by Gasteiger charge is -2.23. The minimum absolute atomic E-state index is 0.206. The molecule has 100 valence electrons. The fraction of sp³-hybridized carbons (Fsp3) is 0.600. The molecular formula is C15H22FNO. The lowest BCUT2D eigenvalue weighted by molar-refractivity contribution is 0.200. The molecule has 1 aromatic rings. The zero-order valence-corrected chi connectivity index (χ0v) is 11.0. The van der Waals surface area contributed by atoms with Gasteiger partial charge in [0.25, 0.3) is 0 Å². The standard InChI is InChI=1S/C15H22FNO/c1-11(17)13-8-5-9-14(16)15(13)18-10-12-6-3-2-4-7-12/h5,8-9,11-12H,2-4,6-7,10,17H2,1H3/t11-/m1/s1. The zero-order valence-electron chi connectivity index (χ0n) is 11.0. The molecule has 0 spiro atoms. The fourth-order valence-corrected chi connectivity index (χ4v) is 2.59. The summed E-state index contributed by atoms with van der Waals surface area (Å²) in [7, 11) is 0. The van der Waals surface area contributed by atoms with E-state index in [-0.39, 0.29) is 11.9 Å². The largest absolute Gasteiger partial charge is 0.490 e. The minimum Gasteiger partial charge on any atom is -0.490 e. The van der Waals surface area contributed by atoms with Gasteiger partial charge in [-0.25, -0.2) is 4.39 Å². The van der Waals surface area contributed by atoms with Gasteiger partial charge in [-0.05, 0) is 31.7 Å². The van der Waals surface area contributed by atoms with Gasteiger partial charge < -0.3 is 10.5 Å². The molecule has 0 unspecified atom stereocenters. The molecule has 0 bridgehead atoms. The molecule has 0 aliphatic heterocycles. The summed E-state index contributed by atoms with van der Waals surface area (Å²) < 4.78 is 19.5. The Balaban J connectivity index is 2.03. The molecule has 1 aliphatic rings. The maximum absolute atomic E-state index is 13.8. The highest BCUT2D eigenvalue weighted by molar-refractivity contribution is 5.36. The van der Waals surface area contributed by atoms with Crippen LogP contribution in [0.25, 0.3) is 0 Å². The Morgan fingerprint density at radius 3 is 2.72 bits per heavy atom. The van der Waals surface area contributed by atoms with Crippen molar-refractivity contribution in [2.45, 2.75) is 45.1 Å². The van der Waals surface area contributed by atoms with Crippen molar-refractivity contribution >= 4 is 0 Å². The third-order valence-corrected chi connectivity index (χ3v) is 3.68. The second-order valence-electron chi connectivity index (χ2n) is 5.26. The average molecular weight is 251 g/mol.